The van der Waals surface area contributed by atoms with Crippen LogP contribution in [0.15, 0.2) is 30.5 Å². The number of imidazole rings is 1. The molecule has 0 amide bonds. The molecule has 0 radical (unpaired) electrons. The third kappa shape index (κ3) is 3.80. The van der Waals surface area contributed by atoms with Crippen LogP contribution in [0.25, 0.3) is 22.0 Å². The molecule has 0 aliphatic heterocycles. The Balaban J connectivity index is 1.97. The zero-order valence-electron chi connectivity index (χ0n) is 12.8. The Bertz CT molecular complexity index is 779. The monoisotopic (exact) mass is 347 g/mol. The first-order valence-electron chi connectivity index (χ1n) is 7.56. The molecule has 2 aromatic heterocycles. The zero-order valence-corrected chi connectivity index (χ0v) is 14.4. The molecule has 120 valence electrons. The normalized spacial score (nSPS) is 11.1. The van der Waals surface area contributed by atoms with Crippen LogP contribution in [-0.4, -0.2) is 26.7 Å². The lowest BCUT2D eigenvalue weighted by Gasteiger charge is -2.02. The largest absolute Gasteiger partial charge is 0.396 e. The number of hydrogen-bond donors (Lipinski definition) is 2. The second-order valence-electron chi connectivity index (χ2n) is 5.35. The number of nitrogens with zero attached hydrogens (tertiary/aromatic N) is 2. The molecular formula is C17H18ClN3OS. The molecule has 0 saturated heterocycles. The lowest BCUT2D eigenvalue weighted by atomic mass is 10.1. The fourth-order valence-corrected chi connectivity index (χ4v) is 3.60. The number of unbranched alkanes of at least 4 members (excludes halogenated alkanes) is 1. The number of halogens is 1. The van der Waals surface area contributed by atoms with E-state index in [0.29, 0.717) is 5.02 Å². The van der Waals surface area contributed by atoms with Crippen molar-refractivity contribution in [1.82, 2.24) is 15.0 Å². The van der Waals surface area contributed by atoms with Crippen molar-refractivity contribution >= 4 is 22.9 Å². The Morgan fingerprint density at radius 3 is 2.61 bits per heavy atom. The van der Waals surface area contributed by atoms with Gasteiger partial charge in [0.05, 0.1) is 5.69 Å². The molecule has 0 fully saturated rings. The van der Waals surface area contributed by atoms with Crippen LogP contribution in [0.2, 0.25) is 5.02 Å². The predicted molar refractivity (Wildman–Crippen MR) is 94.9 cm³/mol. The third-order valence-electron chi connectivity index (χ3n) is 3.55. The zero-order chi connectivity index (χ0) is 16.2. The minimum absolute atomic E-state index is 0.223. The van der Waals surface area contributed by atoms with Crippen LogP contribution in [0.1, 0.15) is 23.5 Å². The average molecular weight is 348 g/mol. The van der Waals surface area contributed by atoms with Gasteiger partial charge in [0, 0.05) is 28.3 Å². The maximum atomic E-state index is 9.01. The smallest absolute Gasteiger partial charge is 0.144 e. The number of hydrogen-bond acceptors (Lipinski definition) is 4. The SMILES string of the molecule is Cc1nc(-c2nc(-c3ccc(Cl)cc3)c(CCCCO)s2)c[nH]1. The van der Waals surface area contributed by atoms with Gasteiger partial charge in [0.15, 0.2) is 0 Å². The van der Waals surface area contributed by atoms with E-state index >= 15 is 0 Å². The lowest BCUT2D eigenvalue weighted by molar-refractivity contribution is 0.285. The van der Waals surface area contributed by atoms with Crippen LogP contribution in [0.4, 0.5) is 0 Å². The standard InChI is InChI=1S/C17H18ClN3OS/c1-11-19-10-14(20-11)17-21-16(12-5-7-13(18)8-6-12)15(23-17)4-2-3-9-22/h5-8,10,22H,2-4,9H2,1H3,(H,19,20). The average Bonchev–Trinajstić information content (AvgIpc) is 3.15. The summed E-state index contributed by atoms with van der Waals surface area (Å²) in [6, 6.07) is 7.75. The number of aromatic amines is 1. The maximum absolute atomic E-state index is 9.01. The van der Waals surface area contributed by atoms with Crippen molar-refractivity contribution in [3.63, 3.8) is 0 Å². The van der Waals surface area contributed by atoms with E-state index in [4.69, 9.17) is 21.7 Å². The van der Waals surface area contributed by atoms with Crippen LogP contribution in [-0.2, 0) is 6.42 Å². The molecule has 2 heterocycles. The Morgan fingerprint density at radius 2 is 1.96 bits per heavy atom. The van der Waals surface area contributed by atoms with Crippen molar-refractivity contribution in [3.05, 3.63) is 46.2 Å². The molecule has 0 aliphatic rings. The summed E-state index contributed by atoms with van der Waals surface area (Å²) in [7, 11) is 0. The molecule has 3 aromatic rings. The number of aliphatic hydroxyl groups excluding tert-OH is 1. The highest BCUT2D eigenvalue weighted by molar-refractivity contribution is 7.15. The summed E-state index contributed by atoms with van der Waals surface area (Å²) < 4.78 is 0. The third-order valence-corrected chi connectivity index (χ3v) is 4.94. The number of H-pyrrole nitrogens is 1. The molecular weight excluding hydrogens is 330 g/mol. The maximum Gasteiger partial charge on any atom is 0.144 e. The second kappa shape index (κ2) is 7.25. The van der Waals surface area contributed by atoms with Gasteiger partial charge >= 0.3 is 0 Å². The van der Waals surface area contributed by atoms with E-state index in [2.05, 4.69) is 9.97 Å². The molecule has 0 spiro atoms. The van der Waals surface area contributed by atoms with Crippen LogP contribution in [0.3, 0.4) is 0 Å². The Labute approximate surface area is 144 Å². The quantitative estimate of drug-likeness (QED) is 0.646. The highest BCUT2D eigenvalue weighted by Gasteiger charge is 2.15. The molecule has 4 nitrogen and oxygen atoms in total. The number of thiazole rings is 1. The number of rotatable bonds is 6. The minimum Gasteiger partial charge on any atom is -0.396 e. The van der Waals surface area contributed by atoms with Crippen molar-refractivity contribution in [1.29, 1.82) is 0 Å². The predicted octanol–water partition coefficient (Wildman–Crippen LogP) is 4.48. The van der Waals surface area contributed by atoms with E-state index in [1.807, 2.05) is 37.4 Å². The summed E-state index contributed by atoms with van der Waals surface area (Å²) in [6.45, 7) is 2.15. The van der Waals surface area contributed by atoms with Gasteiger partial charge in [-0.2, -0.15) is 0 Å². The number of benzene rings is 1. The van der Waals surface area contributed by atoms with Gasteiger partial charge in [-0.3, -0.25) is 0 Å². The van der Waals surface area contributed by atoms with Crippen LogP contribution in [0.5, 0.6) is 0 Å². The van der Waals surface area contributed by atoms with Gasteiger partial charge in [-0.1, -0.05) is 23.7 Å². The Hall–Kier alpha value is -1.69. The van der Waals surface area contributed by atoms with Gasteiger partial charge in [0.2, 0.25) is 0 Å². The fraction of sp³-hybridized carbons (Fsp3) is 0.294. The van der Waals surface area contributed by atoms with Crippen molar-refractivity contribution < 1.29 is 5.11 Å². The van der Waals surface area contributed by atoms with E-state index < -0.39 is 0 Å². The molecule has 23 heavy (non-hydrogen) atoms. The molecule has 0 saturated carbocycles. The van der Waals surface area contributed by atoms with Crippen molar-refractivity contribution in [2.75, 3.05) is 6.61 Å². The molecule has 0 unspecified atom stereocenters. The highest BCUT2D eigenvalue weighted by atomic mass is 35.5. The van der Waals surface area contributed by atoms with Crippen molar-refractivity contribution in [2.24, 2.45) is 0 Å². The lowest BCUT2D eigenvalue weighted by Crippen LogP contribution is -1.89. The van der Waals surface area contributed by atoms with Gasteiger partial charge in [-0.15, -0.1) is 11.3 Å². The van der Waals surface area contributed by atoms with Crippen LogP contribution >= 0.6 is 22.9 Å². The first-order chi connectivity index (χ1) is 11.2. The van der Waals surface area contributed by atoms with E-state index in [9.17, 15) is 0 Å². The first-order valence-corrected chi connectivity index (χ1v) is 8.75. The summed E-state index contributed by atoms with van der Waals surface area (Å²) in [5.74, 6) is 0.880. The first kappa shape index (κ1) is 16.2. The molecule has 0 aliphatic carbocycles. The molecule has 1 aromatic carbocycles. The van der Waals surface area contributed by atoms with Gasteiger partial charge in [0.25, 0.3) is 0 Å². The summed E-state index contributed by atoms with van der Waals surface area (Å²) >= 11 is 7.65. The van der Waals surface area contributed by atoms with Crippen molar-refractivity contribution in [3.8, 4) is 22.0 Å². The van der Waals surface area contributed by atoms with Gasteiger partial charge in [-0.25, -0.2) is 9.97 Å². The molecule has 0 bridgehead atoms. The molecule has 3 rings (SSSR count). The summed E-state index contributed by atoms with van der Waals surface area (Å²) in [6.07, 6.45) is 4.53. The topological polar surface area (TPSA) is 61.8 Å². The highest BCUT2D eigenvalue weighted by Crippen LogP contribution is 2.34. The fourth-order valence-electron chi connectivity index (χ4n) is 2.39. The Morgan fingerprint density at radius 1 is 1.17 bits per heavy atom. The van der Waals surface area contributed by atoms with E-state index in [0.717, 1.165) is 47.0 Å². The second-order valence-corrected chi connectivity index (χ2v) is 6.87. The van der Waals surface area contributed by atoms with Crippen LogP contribution < -0.4 is 0 Å². The number of aromatic nitrogens is 3. The molecule has 0 atom stereocenters. The van der Waals surface area contributed by atoms with E-state index in [1.165, 1.54) is 4.88 Å². The van der Waals surface area contributed by atoms with Crippen LogP contribution in [0, 0.1) is 6.92 Å². The summed E-state index contributed by atoms with van der Waals surface area (Å²) in [5.41, 5.74) is 2.92. The van der Waals surface area contributed by atoms with Gasteiger partial charge in [0.1, 0.15) is 16.5 Å². The summed E-state index contributed by atoms with van der Waals surface area (Å²) in [4.78, 5) is 13.6. The number of aryl methyl sites for hydroxylation is 2. The Kier molecular flexibility index (Phi) is 5.10. The van der Waals surface area contributed by atoms with E-state index in [-0.39, 0.29) is 6.61 Å². The molecule has 2 N–H and O–H groups in total. The molecule has 6 heteroatoms. The number of nitrogens with one attached hydrogen (secondary N) is 1. The van der Waals surface area contributed by atoms with Gasteiger partial charge < -0.3 is 10.1 Å². The van der Waals surface area contributed by atoms with Crippen molar-refractivity contribution in [2.45, 2.75) is 26.2 Å². The minimum atomic E-state index is 0.223. The van der Waals surface area contributed by atoms with E-state index in [1.54, 1.807) is 11.3 Å². The number of aliphatic hydroxyl groups is 1. The summed E-state index contributed by atoms with van der Waals surface area (Å²) in [5, 5.41) is 10.6. The van der Waals surface area contributed by atoms with Gasteiger partial charge in [-0.05, 0) is 38.3 Å².